The van der Waals surface area contributed by atoms with Crippen LogP contribution in [0.5, 0.6) is 0 Å². The highest BCUT2D eigenvalue weighted by Gasteiger charge is 2.29. The molecule has 10 nitrogen and oxygen atoms in total. The summed E-state index contributed by atoms with van der Waals surface area (Å²) in [5.41, 5.74) is 3.20. The lowest BCUT2D eigenvalue weighted by Gasteiger charge is -2.35. The molecule has 0 amide bonds. The van der Waals surface area contributed by atoms with Crippen LogP contribution in [0.4, 0.5) is 11.4 Å². The molecule has 5 rings (SSSR count). The van der Waals surface area contributed by atoms with E-state index < -0.39 is 26.3 Å². The molecule has 2 heterocycles. The number of hydrogen-bond acceptors (Lipinski definition) is 8. The lowest BCUT2D eigenvalue weighted by molar-refractivity contribution is 0.482. The molecule has 0 radical (unpaired) electrons. The maximum atomic E-state index is 11.4. The standard InChI is InChI=1S/C18H14N4O6S2/c23-29(24,25)9-1-3-11-13(5-9)21-17-8-16-18(7-15(17)19-11)22-14-6-10(30(26,27)28)2-4-12(14)20-16/h1-8,11,13,19,21H,(H,23,24,25)(H,26,27,28). The van der Waals surface area contributed by atoms with Crippen LogP contribution >= 0.6 is 0 Å². The molecule has 0 spiro atoms. The number of aromatic nitrogens is 2. The number of anilines is 2. The Hall–Kier alpha value is -3.06. The third-order valence-corrected chi connectivity index (χ3v) is 6.70. The normalized spacial score (nSPS) is 20.8. The highest BCUT2D eigenvalue weighted by Crippen LogP contribution is 2.35. The maximum Gasteiger partial charge on any atom is 0.294 e. The molecule has 30 heavy (non-hydrogen) atoms. The van der Waals surface area contributed by atoms with Crippen molar-refractivity contribution in [2.45, 2.75) is 17.0 Å². The molecule has 2 atom stereocenters. The summed E-state index contributed by atoms with van der Waals surface area (Å²) in [6.07, 6.45) is 4.41. The van der Waals surface area contributed by atoms with Crippen molar-refractivity contribution in [1.82, 2.24) is 9.97 Å². The third-order valence-electron chi connectivity index (χ3n) is 4.98. The Kier molecular flexibility index (Phi) is 3.92. The number of rotatable bonds is 2. The van der Waals surface area contributed by atoms with Crippen molar-refractivity contribution < 1.29 is 25.9 Å². The Morgan fingerprint density at radius 2 is 1.37 bits per heavy atom. The summed E-state index contributed by atoms with van der Waals surface area (Å²) >= 11 is 0. The molecular weight excluding hydrogens is 432 g/mol. The van der Waals surface area contributed by atoms with Crippen molar-refractivity contribution in [2.24, 2.45) is 0 Å². The average molecular weight is 446 g/mol. The summed E-state index contributed by atoms with van der Waals surface area (Å²) in [4.78, 5) is 8.51. The Morgan fingerprint density at radius 3 is 2.00 bits per heavy atom. The van der Waals surface area contributed by atoms with Crippen molar-refractivity contribution in [2.75, 3.05) is 10.6 Å². The van der Waals surface area contributed by atoms with Crippen LogP contribution in [0.1, 0.15) is 0 Å². The van der Waals surface area contributed by atoms with Crippen molar-refractivity contribution in [1.29, 1.82) is 0 Å². The van der Waals surface area contributed by atoms with E-state index in [9.17, 15) is 25.9 Å². The first-order valence-electron chi connectivity index (χ1n) is 8.72. The minimum atomic E-state index is -4.35. The van der Waals surface area contributed by atoms with Gasteiger partial charge in [0.1, 0.15) is 0 Å². The topological polar surface area (TPSA) is 159 Å². The van der Waals surface area contributed by atoms with Gasteiger partial charge in [-0.2, -0.15) is 16.8 Å². The van der Waals surface area contributed by atoms with Crippen LogP contribution in [0, 0.1) is 0 Å². The minimum absolute atomic E-state index is 0.178. The first-order chi connectivity index (χ1) is 14.1. The second kappa shape index (κ2) is 6.22. The van der Waals surface area contributed by atoms with Crippen LogP contribution in [0.3, 0.4) is 0 Å². The summed E-state index contributed by atoms with van der Waals surface area (Å²) in [5.74, 6) is 0. The van der Waals surface area contributed by atoms with E-state index in [0.717, 1.165) is 0 Å². The molecule has 1 aliphatic heterocycles. The van der Waals surface area contributed by atoms with Gasteiger partial charge in [-0.25, -0.2) is 9.97 Å². The summed E-state index contributed by atoms with van der Waals surface area (Å²) in [6.45, 7) is 0. The molecule has 154 valence electrons. The van der Waals surface area contributed by atoms with E-state index in [0.29, 0.717) is 33.4 Å². The fourth-order valence-electron chi connectivity index (χ4n) is 3.56. The Balaban J connectivity index is 1.60. The number of nitrogens with zero attached hydrogens (tertiary/aromatic N) is 2. The van der Waals surface area contributed by atoms with E-state index in [4.69, 9.17) is 0 Å². The van der Waals surface area contributed by atoms with Gasteiger partial charge < -0.3 is 10.6 Å². The van der Waals surface area contributed by atoms with Crippen LogP contribution in [-0.2, 0) is 20.2 Å². The maximum absolute atomic E-state index is 11.4. The first-order valence-corrected chi connectivity index (χ1v) is 11.6. The van der Waals surface area contributed by atoms with Crippen molar-refractivity contribution in [3.8, 4) is 0 Å². The van der Waals surface area contributed by atoms with Crippen LogP contribution in [0.25, 0.3) is 22.1 Å². The lowest BCUT2D eigenvalue weighted by Crippen LogP contribution is -2.42. The predicted octanol–water partition coefficient (Wildman–Crippen LogP) is 1.95. The highest BCUT2D eigenvalue weighted by molar-refractivity contribution is 7.90. The lowest BCUT2D eigenvalue weighted by atomic mass is 9.98. The SMILES string of the molecule is O=S(=O)(O)C1=CC2Nc3cc4nc5ccc(S(=O)(=O)O)cc5nc4cc3NC2C=C1. The third kappa shape index (κ3) is 3.19. The molecule has 1 aliphatic carbocycles. The molecule has 12 heteroatoms. The average Bonchev–Trinajstić information content (AvgIpc) is 2.66. The van der Waals surface area contributed by atoms with Gasteiger partial charge in [0.05, 0.1) is 55.3 Å². The zero-order valence-corrected chi connectivity index (χ0v) is 16.6. The fourth-order valence-corrected chi connectivity index (χ4v) is 4.63. The van der Waals surface area contributed by atoms with Gasteiger partial charge >= 0.3 is 0 Å². The number of hydrogen-bond donors (Lipinski definition) is 4. The van der Waals surface area contributed by atoms with Crippen LogP contribution in [0.2, 0.25) is 0 Å². The number of nitrogens with one attached hydrogen (secondary N) is 2. The van der Waals surface area contributed by atoms with E-state index in [1.807, 2.05) is 0 Å². The predicted molar refractivity (Wildman–Crippen MR) is 110 cm³/mol. The molecule has 0 saturated heterocycles. The van der Waals surface area contributed by atoms with Crippen molar-refractivity contribution >= 4 is 53.7 Å². The number of allylic oxidation sites excluding steroid dienone is 1. The zero-order chi connectivity index (χ0) is 21.3. The van der Waals surface area contributed by atoms with Gasteiger partial charge in [0, 0.05) is 0 Å². The van der Waals surface area contributed by atoms with E-state index in [2.05, 4.69) is 20.6 Å². The summed E-state index contributed by atoms with van der Waals surface area (Å²) in [5, 5.41) is 6.50. The van der Waals surface area contributed by atoms with E-state index in [1.165, 1.54) is 30.4 Å². The van der Waals surface area contributed by atoms with E-state index in [-0.39, 0.29) is 15.8 Å². The van der Waals surface area contributed by atoms with Crippen LogP contribution in [0.15, 0.2) is 58.4 Å². The van der Waals surface area contributed by atoms with Crippen LogP contribution < -0.4 is 10.6 Å². The molecule has 4 N–H and O–H groups in total. The van der Waals surface area contributed by atoms with Gasteiger partial charge in [0.15, 0.2) is 0 Å². The van der Waals surface area contributed by atoms with E-state index in [1.54, 1.807) is 18.2 Å². The quantitative estimate of drug-likeness (QED) is 0.338. The van der Waals surface area contributed by atoms with Crippen molar-refractivity contribution in [3.63, 3.8) is 0 Å². The highest BCUT2D eigenvalue weighted by atomic mass is 32.2. The van der Waals surface area contributed by atoms with Gasteiger partial charge in [-0.05, 0) is 42.5 Å². The summed E-state index contributed by atoms with van der Waals surface area (Å²) in [6, 6.07) is 6.80. The molecule has 2 unspecified atom stereocenters. The molecule has 0 fully saturated rings. The van der Waals surface area contributed by atoms with Gasteiger partial charge in [-0.1, -0.05) is 6.08 Å². The largest absolute Gasteiger partial charge is 0.375 e. The van der Waals surface area contributed by atoms with Crippen molar-refractivity contribution in [3.05, 3.63) is 53.5 Å². The Morgan fingerprint density at radius 1 is 0.767 bits per heavy atom. The fraction of sp³-hybridized carbons (Fsp3) is 0.111. The molecule has 0 bridgehead atoms. The number of benzene rings is 2. The van der Waals surface area contributed by atoms with Gasteiger partial charge in [0.2, 0.25) is 0 Å². The second-order valence-corrected chi connectivity index (χ2v) is 9.82. The van der Waals surface area contributed by atoms with E-state index >= 15 is 0 Å². The molecule has 3 aromatic rings. The van der Waals surface area contributed by atoms with Gasteiger partial charge in [-0.3, -0.25) is 9.11 Å². The zero-order valence-electron chi connectivity index (χ0n) is 15.0. The molecule has 1 aromatic heterocycles. The molecule has 2 aromatic carbocycles. The molecule has 0 saturated carbocycles. The summed E-state index contributed by atoms with van der Waals surface area (Å²) in [7, 11) is -8.66. The van der Waals surface area contributed by atoms with Gasteiger partial charge in [-0.15, -0.1) is 0 Å². The number of fused-ring (bicyclic) bond motifs is 4. The Labute approximate surface area is 170 Å². The first kappa shape index (κ1) is 18.9. The molecular formula is C18H14N4O6S2. The minimum Gasteiger partial charge on any atom is -0.375 e. The monoisotopic (exact) mass is 446 g/mol. The smallest absolute Gasteiger partial charge is 0.294 e. The summed E-state index contributed by atoms with van der Waals surface area (Å²) < 4.78 is 64.1. The Bertz CT molecular complexity index is 1510. The molecule has 2 aliphatic rings. The van der Waals surface area contributed by atoms with Gasteiger partial charge in [0.25, 0.3) is 20.2 Å². The van der Waals surface area contributed by atoms with Crippen LogP contribution in [-0.4, -0.2) is 48.0 Å². The second-order valence-electron chi connectivity index (χ2n) is 6.98.